The molecule has 0 N–H and O–H groups in total. The first-order chi connectivity index (χ1) is 12.4. The van der Waals surface area contributed by atoms with Gasteiger partial charge in [0.1, 0.15) is 11.8 Å². The van der Waals surface area contributed by atoms with Crippen LogP contribution in [0, 0.1) is 0 Å². The van der Waals surface area contributed by atoms with E-state index in [4.69, 9.17) is 4.74 Å². The molecule has 0 aromatic heterocycles. The van der Waals surface area contributed by atoms with Crippen molar-refractivity contribution in [2.75, 3.05) is 0 Å². The normalized spacial score (nSPS) is 15.6. The van der Waals surface area contributed by atoms with Crippen molar-refractivity contribution in [1.29, 1.82) is 0 Å². The van der Waals surface area contributed by atoms with Crippen LogP contribution in [0.2, 0.25) is 0 Å². The number of nitrogens with zero attached hydrogens (tertiary/aromatic N) is 1. The number of amides is 2. The summed E-state index contributed by atoms with van der Waals surface area (Å²) < 4.78 is 5.37. The van der Waals surface area contributed by atoms with Crippen molar-refractivity contribution < 1.29 is 19.1 Å². The van der Waals surface area contributed by atoms with Gasteiger partial charge in [0.2, 0.25) is 0 Å². The van der Waals surface area contributed by atoms with E-state index in [1.54, 1.807) is 36.4 Å². The lowest BCUT2D eigenvalue weighted by Crippen LogP contribution is -2.44. The van der Waals surface area contributed by atoms with Crippen LogP contribution >= 0.6 is 0 Å². The lowest BCUT2D eigenvalue weighted by Gasteiger charge is -2.21. The van der Waals surface area contributed by atoms with E-state index in [1.165, 1.54) is 12.5 Å². The molecule has 0 radical (unpaired) electrons. The zero-order valence-corrected chi connectivity index (χ0v) is 15.1. The van der Waals surface area contributed by atoms with Crippen molar-refractivity contribution >= 4 is 17.8 Å². The lowest BCUT2D eigenvalue weighted by atomic mass is 9.99. The summed E-state index contributed by atoms with van der Waals surface area (Å²) in [4.78, 5) is 38.3. The van der Waals surface area contributed by atoms with Gasteiger partial charge in [0.25, 0.3) is 11.8 Å². The highest BCUT2D eigenvalue weighted by molar-refractivity contribution is 6.22. The molecule has 0 saturated heterocycles. The Bertz CT molecular complexity index is 822. The molecule has 26 heavy (non-hydrogen) atoms. The van der Waals surface area contributed by atoms with Gasteiger partial charge in [0.05, 0.1) is 11.1 Å². The molecule has 0 spiro atoms. The molecule has 5 nitrogen and oxygen atoms in total. The number of carbonyl (C=O) groups excluding carboxylic acids is 3. The van der Waals surface area contributed by atoms with E-state index in [2.05, 4.69) is 13.8 Å². The highest BCUT2D eigenvalue weighted by Crippen LogP contribution is 2.26. The summed E-state index contributed by atoms with van der Waals surface area (Å²) in [5.74, 6) is -0.761. The van der Waals surface area contributed by atoms with Gasteiger partial charge in [-0.25, -0.2) is 4.79 Å². The average Bonchev–Trinajstić information content (AvgIpc) is 2.92. The van der Waals surface area contributed by atoms with Crippen molar-refractivity contribution in [2.24, 2.45) is 0 Å². The molecular weight excluding hydrogens is 330 g/mol. The maximum atomic E-state index is 12.5. The minimum atomic E-state index is -1.00. The largest absolute Gasteiger partial charge is 0.425 e. The van der Waals surface area contributed by atoms with Gasteiger partial charge in [-0.15, -0.1) is 0 Å². The van der Waals surface area contributed by atoms with Crippen molar-refractivity contribution in [3.8, 4) is 5.75 Å². The van der Waals surface area contributed by atoms with E-state index in [0.717, 1.165) is 11.3 Å². The summed E-state index contributed by atoms with van der Waals surface area (Å²) in [7, 11) is 0. The highest BCUT2D eigenvalue weighted by atomic mass is 16.5. The van der Waals surface area contributed by atoms with Crippen molar-refractivity contribution in [3.63, 3.8) is 0 Å². The number of rotatable bonds is 5. The summed E-state index contributed by atoms with van der Waals surface area (Å²) in [5.41, 5.74) is 1.80. The van der Waals surface area contributed by atoms with E-state index >= 15 is 0 Å². The Kier molecular flexibility index (Phi) is 4.89. The van der Waals surface area contributed by atoms with Gasteiger partial charge < -0.3 is 4.74 Å². The Balaban J connectivity index is 1.73. The van der Waals surface area contributed by atoms with E-state index in [1.807, 2.05) is 12.1 Å². The fourth-order valence-corrected chi connectivity index (χ4v) is 2.97. The topological polar surface area (TPSA) is 63.7 Å². The predicted molar refractivity (Wildman–Crippen MR) is 97.2 cm³/mol. The third kappa shape index (κ3) is 3.12. The van der Waals surface area contributed by atoms with Crippen molar-refractivity contribution in [1.82, 2.24) is 4.90 Å². The third-order valence-electron chi connectivity index (χ3n) is 4.83. The van der Waals surface area contributed by atoms with E-state index < -0.39 is 23.8 Å². The molecular formula is C21H21NO4. The number of imide groups is 1. The molecule has 0 aliphatic carbocycles. The summed E-state index contributed by atoms with van der Waals surface area (Å²) in [5, 5.41) is 0. The van der Waals surface area contributed by atoms with Gasteiger partial charge in [-0.1, -0.05) is 38.1 Å². The molecule has 2 aromatic rings. The molecule has 2 aromatic carbocycles. The molecule has 3 rings (SSSR count). The number of benzene rings is 2. The monoisotopic (exact) mass is 351 g/mol. The third-order valence-corrected chi connectivity index (χ3v) is 4.83. The Morgan fingerprint density at radius 1 is 0.962 bits per heavy atom. The predicted octanol–water partition coefficient (Wildman–Crippen LogP) is 3.79. The lowest BCUT2D eigenvalue weighted by molar-refractivity contribution is -0.138. The van der Waals surface area contributed by atoms with Crippen molar-refractivity contribution in [2.45, 2.75) is 39.2 Å². The van der Waals surface area contributed by atoms with E-state index in [-0.39, 0.29) is 0 Å². The van der Waals surface area contributed by atoms with Crippen molar-refractivity contribution in [3.05, 3.63) is 65.2 Å². The van der Waals surface area contributed by atoms with Crippen LogP contribution < -0.4 is 4.74 Å². The Hall–Kier alpha value is -2.95. The number of ether oxygens (including phenoxy) is 1. The van der Waals surface area contributed by atoms with Crippen LogP contribution in [0.1, 0.15) is 59.4 Å². The summed E-state index contributed by atoms with van der Waals surface area (Å²) >= 11 is 0. The van der Waals surface area contributed by atoms with E-state index in [9.17, 15) is 14.4 Å². The van der Waals surface area contributed by atoms with Crippen LogP contribution in [-0.4, -0.2) is 28.7 Å². The highest BCUT2D eigenvalue weighted by Gasteiger charge is 2.41. The quantitative estimate of drug-likeness (QED) is 0.467. The number of carbonyl (C=O) groups is 3. The number of hydrogen-bond acceptors (Lipinski definition) is 4. The Morgan fingerprint density at radius 2 is 1.50 bits per heavy atom. The van der Waals surface area contributed by atoms with Crippen LogP contribution in [-0.2, 0) is 4.79 Å². The van der Waals surface area contributed by atoms with Crippen LogP contribution in [0.5, 0.6) is 5.75 Å². The van der Waals surface area contributed by atoms with Gasteiger partial charge in [0.15, 0.2) is 0 Å². The molecule has 1 aliphatic heterocycles. The van der Waals surface area contributed by atoms with Gasteiger partial charge in [-0.3, -0.25) is 14.5 Å². The van der Waals surface area contributed by atoms with Gasteiger partial charge in [-0.05, 0) is 49.1 Å². The first-order valence-corrected chi connectivity index (χ1v) is 8.72. The molecule has 1 aliphatic rings. The zero-order valence-electron chi connectivity index (χ0n) is 15.1. The first kappa shape index (κ1) is 17.9. The van der Waals surface area contributed by atoms with Crippen LogP contribution in [0.25, 0.3) is 0 Å². The SMILES string of the molecule is CC[C@@H](C)c1ccc(OC(=O)[C@H](C)N2C(=O)c3ccccc3C2=O)cc1. The molecule has 0 bridgehead atoms. The summed E-state index contributed by atoms with van der Waals surface area (Å²) in [6.45, 7) is 5.74. The van der Waals surface area contributed by atoms with Crippen LogP contribution in [0.4, 0.5) is 0 Å². The minimum Gasteiger partial charge on any atom is -0.425 e. The fraction of sp³-hybridized carbons (Fsp3) is 0.286. The molecule has 0 unspecified atom stereocenters. The molecule has 134 valence electrons. The second-order valence-electron chi connectivity index (χ2n) is 6.50. The average molecular weight is 351 g/mol. The smallest absolute Gasteiger partial charge is 0.334 e. The molecule has 0 saturated carbocycles. The maximum Gasteiger partial charge on any atom is 0.334 e. The zero-order chi connectivity index (χ0) is 18.8. The van der Waals surface area contributed by atoms with Gasteiger partial charge >= 0.3 is 5.97 Å². The van der Waals surface area contributed by atoms with Gasteiger partial charge in [0, 0.05) is 0 Å². The van der Waals surface area contributed by atoms with Crippen LogP contribution in [0.15, 0.2) is 48.5 Å². The minimum absolute atomic E-state index is 0.315. The molecule has 2 amide bonds. The Labute approximate surface area is 152 Å². The van der Waals surface area contributed by atoms with Crippen LogP contribution in [0.3, 0.4) is 0 Å². The van der Waals surface area contributed by atoms with E-state index in [0.29, 0.717) is 22.8 Å². The first-order valence-electron chi connectivity index (χ1n) is 8.72. The number of esters is 1. The van der Waals surface area contributed by atoms with Gasteiger partial charge in [-0.2, -0.15) is 0 Å². The standard InChI is InChI=1S/C21H21NO4/c1-4-13(2)15-9-11-16(12-10-15)26-21(25)14(3)22-19(23)17-7-5-6-8-18(17)20(22)24/h5-14H,4H2,1-3H3/t13-,14+/m1/s1. The molecule has 0 fully saturated rings. The summed E-state index contributed by atoms with van der Waals surface area (Å²) in [6.07, 6.45) is 1.02. The Morgan fingerprint density at radius 3 is 2.00 bits per heavy atom. The second-order valence-corrected chi connectivity index (χ2v) is 6.50. The molecule has 1 heterocycles. The molecule has 2 atom stereocenters. The maximum absolute atomic E-state index is 12.5. The number of fused-ring (bicyclic) bond motifs is 1. The number of hydrogen-bond donors (Lipinski definition) is 0. The summed E-state index contributed by atoms with van der Waals surface area (Å²) in [6, 6.07) is 12.8. The second kappa shape index (κ2) is 7.12. The fourth-order valence-electron chi connectivity index (χ4n) is 2.97. The molecule has 5 heteroatoms.